The fourth-order valence-electron chi connectivity index (χ4n) is 2.80. The smallest absolute Gasteiger partial charge is 0.248 e. The SMILES string of the molecule is Cc1nocc1S(=O)(=O)N1CCCCC1c1cnn(C)c1. The Labute approximate surface area is 123 Å². The van der Waals surface area contributed by atoms with Crippen molar-refractivity contribution in [3.63, 3.8) is 0 Å². The monoisotopic (exact) mass is 310 g/mol. The van der Waals surface area contributed by atoms with Gasteiger partial charge < -0.3 is 4.52 Å². The van der Waals surface area contributed by atoms with Crippen molar-refractivity contribution in [2.24, 2.45) is 7.05 Å². The average Bonchev–Trinajstić information content (AvgIpc) is 3.07. The van der Waals surface area contributed by atoms with Gasteiger partial charge in [-0.15, -0.1) is 0 Å². The quantitative estimate of drug-likeness (QED) is 0.860. The molecule has 0 aromatic carbocycles. The Morgan fingerprint density at radius 3 is 2.81 bits per heavy atom. The van der Waals surface area contributed by atoms with Crippen molar-refractivity contribution < 1.29 is 12.9 Å². The number of nitrogens with zero attached hydrogens (tertiary/aromatic N) is 4. The predicted octanol–water partition coefficient (Wildman–Crippen LogP) is 1.63. The molecule has 1 fully saturated rings. The van der Waals surface area contributed by atoms with Gasteiger partial charge >= 0.3 is 0 Å². The maximum Gasteiger partial charge on any atom is 0.248 e. The van der Waals surface area contributed by atoms with Gasteiger partial charge in [0, 0.05) is 25.4 Å². The minimum Gasteiger partial charge on any atom is -0.363 e. The summed E-state index contributed by atoms with van der Waals surface area (Å²) in [7, 11) is -1.77. The van der Waals surface area contributed by atoms with E-state index in [0.29, 0.717) is 12.2 Å². The first-order valence-electron chi connectivity index (χ1n) is 6.91. The van der Waals surface area contributed by atoms with Gasteiger partial charge in [0.2, 0.25) is 10.0 Å². The van der Waals surface area contributed by atoms with Gasteiger partial charge in [0.05, 0.1) is 12.2 Å². The van der Waals surface area contributed by atoms with Crippen LogP contribution in [-0.2, 0) is 17.1 Å². The lowest BCUT2D eigenvalue weighted by atomic mass is 10.0. The molecule has 0 aliphatic carbocycles. The molecule has 0 amide bonds. The van der Waals surface area contributed by atoms with E-state index in [-0.39, 0.29) is 10.9 Å². The van der Waals surface area contributed by atoms with Gasteiger partial charge in [-0.3, -0.25) is 4.68 Å². The summed E-state index contributed by atoms with van der Waals surface area (Å²) in [5.74, 6) is 0. The highest BCUT2D eigenvalue weighted by atomic mass is 32.2. The summed E-state index contributed by atoms with van der Waals surface area (Å²) in [6, 6.07) is -0.174. The molecule has 0 spiro atoms. The van der Waals surface area contributed by atoms with Gasteiger partial charge in [0.15, 0.2) is 0 Å². The molecule has 0 radical (unpaired) electrons. The molecule has 1 unspecified atom stereocenters. The molecule has 1 saturated heterocycles. The van der Waals surface area contributed by atoms with Crippen LogP contribution in [0.25, 0.3) is 0 Å². The molecule has 0 bridgehead atoms. The van der Waals surface area contributed by atoms with Crippen LogP contribution in [0.3, 0.4) is 0 Å². The molecule has 2 aromatic heterocycles. The van der Waals surface area contributed by atoms with Crippen molar-refractivity contribution >= 4 is 10.0 Å². The van der Waals surface area contributed by atoms with Crippen LogP contribution in [0.1, 0.15) is 36.6 Å². The fourth-order valence-corrected chi connectivity index (χ4v) is 4.55. The second kappa shape index (κ2) is 5.27. The van der Waals surface area contributed by atoms with E-state index in [4.69, 9.17) is 4.52 Å². The zero-order chi connectivity index (χ0) is 15.0. The van der Waals surface area contributed by atoms with E-state index in [0.717, 1.165) is 24.8 Å². The van der Waals surface area contributed by atoms with Crippen molar-refractivity contribution in [3.05, 3.63) is 29.9 Å². The Morgan fingerprint density at radius 2 is 2.19 bits per heavy atom. The van der Waals surface area contributed by atoms with Gasteiger partial charge in [-0.25, -0.2) is 8.42 Å². The van der Waals surface area contributed by atoms with Gasteiger partial charge in [-0.2, -0.15) is 9.40 Å². The van der Waals surface area contributed by atoms with Crippen molar-refractivity contribution in [2.75, 3.05) is 6.54 Å². The maximum absolute atomic E-state index is 12.9. The van der Waals surface area contributed by atoms with Crippen LogP contribution in [-0.4, -0.2) is 34.2 Å². The van der Waals surface area contributed by atoms with Gasteiger partial charge in [0.1, 0.15) is 16.9 Å². The van der Waals surface area contributed by atoms with Crippen molar-refractivity contribution in [3.8, 4) is 0 Å². The Bertz CT molecular complexity index is 734. The van der Waals surface area contributed by atoms with Crippen molar-refractivity contribution in [1.29, 1.82) is 0 Å². The molecular formula is C13H18N4O3S. The average molecular weight is 310 g/mol. The Hall–Kier alpha value is -1.67. The summed E-state index contributed by atoms with van der Waals surface area (Å²) >= 11 is 0. The molecular weight excluding hydrogens is 292 g/mol. The number of sulfonamides is 1. The van der Waals surface area contributed by atoms with Gasteiger partial charge in [-0.05, 0) is 19.8 Å². The zero-order valence-electron chi connectivity index (χ0n) is 12.1. The third kappa shape index (κ3) is 2.49. The highest BCUT2D eigenvalue weighted by Gasteiger charge is 2.36. The summed E-state index contributed by atoms with van der Waals surface area (Å²) < 4.78 is 33.8. The molecule has 3 heterocycles. The molecule has 8 heteroatoms. The normalized spacial score (nSPS) is 20.8. The first-order chi connectivity index (χ1) is 10.00. The minimum atomic E-state index is -3.60. The number of piperidine rings is 1. The lowest BCUT2D eigenvalue weighted by molar-refractivity contribution is 0.255. The molecule has 0 saturated carbocycles. The predicted molar refractivity (Wildman–Crippen MR) is 74.9 cm³/mol. The molecule has 1 atom stereocenters. The summed E-state index contributed by atoms with van der Waals surface area (Å²) in [5.41, 5.74) is 1.32. The minimum absolute atomic E-state index is 0.151. The van der Waals surface area contributed by atoms with Crippen molar-refractivity contribution in [2.45, 2.75) is 37.1 Å². The van der Waals surface area contributed by atoms with E-state index in [2.05, 4.69) is 10.3 Å². The van der Waals surface area contributed by atoms with Crippen LogP contribution in [0, 0.1) is 6.92 Å². The van der Waals surface area contributed by atoms with Crippen LogP contribution < -0.4 is 0 Å². The molecule has 1 aliphatic heterocycles. The third-order valence-electron chi connectivity index (χ3n) is 3.86. The molecule has 1 aliphatic rings. The summed E-state index contributed by atoms with van der Waals surface area (Å²) in [4.78, 5) is 0.151. The number of aromatic nitrogens is 3. The Morgan fingerprint density at radius 1 is 1.38 bits per heavy atom. The van der Waals surface area contributed by atoms with Crippen LogP contribution in [0.5, 0.6) is 0 Å². The second-order valence-electron chi connectivity index (χ2n) is 5.34. The summed E-state index contributed by atoms with van der Waals surface area (Å²) in [6.45, 7) is 2.14. The van der Waals surface area contributed by atoms with Crippen LogP contribution in [0.2, 0.25) is 0 Å². The first-order valence-corrected chi connectivity index (χ1v) is 8.35. The van der Waals surface area contributed by atoms with Gasteiger partial charge in [0.25, 0.3) is 0 Å². The molecule has 2 aromatic rings. The molecule has 21 heavy (non-hydrogen) atoms. The topological polar surface area (TPSA) is 81.2 Å². The highest BCUT2D eigenvalue weighted by molar-refractivity contribution is 7.89. The van der Waals surface area contributed by atoms with Crippen molar-refractivity contribution in [1.82, 2.24) is 19.2 Å². The Kier molecular flexibility index (Phi) is 3.58. The molecule has 0 N–H and O–H groups in total. The van der Waals surface area contributed by atoms with E-state index in [1.807, 2.05) is 13.2 Å². The van der Waals surface area contributed by atoms with E-state index < -0.39 is 10.0 Å². The fraction of sp³-hybridized carbons (Fsp3) is 0.538. The second-order valence-corrected chi connectivity index (χ2v) is 7.20. The third-order valence-corrected chi connectivity index (χ3v) is 5.86. The number of hydrogen-bond acceptors (Lipinski definition) is 5. The lowest BCUT2D eigenvalue weighted by Gasteiger charge is -2.33. The summed E-state index contributed by atoms with van der Waals surface area (Å²) in [5, 5.41) is 7.84. The molecule has 3 rings (SSSR count). The number of hydrogen-bond donors (Lipinski definition) is 0. The lowest BCUT2D eigenvalue weighted by Crippen LogP contribution is -2.38. The Balaban J connectivity index is 2.00. The zero-order valence-corrected chi connectivity index (χ0v) is 12.9. The number of aryl methyl sites for hydroxylation is 2. The van der Waals surface area contributed by atoms with E-state index >= 15 is 0 Å². The highest BCUT2D eigenvalue weighted by Crippen LogP contribution is 2.35. The largest absolute Gasteiger partial charge is 0.363 e. The van der Waals surface area contributed by atoms with E-state index in [1.54, 1.807) is 22.1 Å². The van der Waals surface area contributed by atoms with Gasteiger partial charge in [-0.1, -0.05) is 11.6 Å². The van der Waals surface area contributed by atoms with Crippen LogP contribution in [0.4, 0.5) is 0 Å². The number of rotatable bonds is 3. The first kappa shape index (κ1) is 14.3. The molecule has 114 valence electrons. The van der Waals surface area contributed by atoms with E-state index in [1.165, 1.54) is 6.26 Å². The van der Waals surface area contributed by atoms with Crippen LogP contribution in [0.15, 0.2) is 28.1 Å². The van der Waals surface area contributed by atoms with E-state index in [9.17, 15) is 8.42 Å². The molecule has 7 nitrogen and oxygen atoms in total. The summed E-state index contributed by atoms with van der Waals surface area (Å²) in [6.07, 6.45) is 7.49. The standard InChI is InChI=1S/C13H18N4O3S/c1-10-13(9-20-15-10)21(18,19)17-6-4-3-5-12(17)11-7-14-16(2)8-11/h7-9,12H,3-6H2,1-2H3. The van der Waals surface area contributed by atoms with Crippen LogP contribution >= 0.6 is 0 Å². The maximum atomic E-state index is 12.9.